The zero-order valence-corrected chi connectivity index (χ0v) is 16.5. The fraction of sp³-hybridized carbons (Fsp3) is 0.579. The minimum absolute atomic E-state index is 0.0232. The highest BCUT2D eigenvalue weighted by Gasteiger charge is 2.42. The Morgan fingerprint density at radius 1 is 1.35 bits per heavy atom. The lowest BCUT2D eigenvalue weighted by Crippen LogP contribution is -2.43. The molecule has 0 fully saturated rings. The molecule has 0 bridgehead atoms. The molecule has 6 nitrogen and oxygen atoms in total. The summed E-state index contributed by atoms with van der Waals surface area (Å²) in [5.41, 5.74) is 0.186. The molecule has 1 aliphatic rings. The number of aliphatic hydroxyl groups excluding tert-OH is 1. The van der Waals surface area contributed by atoms with Gasteiger partial charge in [0.15, 0.2) is 0 Å². The van der Waals surface area contributed by atoms with Gasteiger partial charge in [-0.2, -0.15) is 0 Å². The van der Waals surface area contributed by atoms with Crippen molar-refractivity contribution < 1.29 is 19.4 Å². The first-order valence-corrected chi connectivity index (χ1v) is 9.13. The van der Waals surface area contributed by atoms with Crippen LogP contribution in [0.25, 0.3) is 0 Å². The normalized spacial score (nSPS) is 19.1. The topological polar surface area (TPSA) is 78.9 Å². The molecule has 144 valence electrons. The number of nitrogens with one attached hydrogen (secondary N) is 1. The van der Waals surface area contributed by atoms with Crippen LogP contribution in [0, 0.1) is 0 Å². The van der Waals surface area contributed by atoms with E-state index in [0.29, 0.717) is 36.4 Å². The number of nitrogens with zero attached hydrogens (tertiary/aromatic N) is 1. The van der Waals surface area contributed by atoms with Crippen molar-refractivity contribution in [2.24, 2.45) is 0 Å². The SMILES string of the molecule is CN(CCC1(CCCO)NC(=O)c2ccc(Cl)cc21)C(=O)OC(C)(C)C. The van der Waals surface area contributed by atoms with Gasteiger partial charge in [0.25, 0.3) is 5.91 Å². The van der Waals surface area contributed by atoms with Crippen LogP contribution in [0.4, 0.5) is 4.79 Å². The van der Waals surface area contributed by atoms with E-state index in [4.69, 9.17) is 16.3 Å². The average molecular weight is 383 g/mol. The molecule has 0 saturated heterocycles. The predicted octanol–water partition coefficient (Wildman–Crippen LogP) is 3.31. The third kappa shape index (κ3) is 4.68. The zero-order chi connectivity index (χ0) is 19.5. The molecule has 1 atom stereocenters. The molecule has 0 saturated carbocycles. The first kappa shape index (κ1) is 20.5. The van der Waals surface area contributed by atoms with Crippen molar-refractivity contribution in [3.8, 4) is 0 Å². The van der Waals surface area contributed by atoms with Gasteiger partial charge in [-0.1, -0.05) is 11.6 Å². The second-order valence-corrected chi connectivity index (χ2v) is 8.14. The summed E-state index contributed by atoms with van der Waals surface area (Å²) in [7, 11) is 1.67. The Kier molecular flexibility index (Phi) is 6.19. The Labute approximate surface area is 159 Å². The molecule has 1 aromatic rings. The van der Waals surface area contributed by atoms with E-state index in [1.807, 2.05) is 20.8 Å². The number of benzene rings is 1. The molecule has 2 amide bonds. The molecule has 26 heavy (non-hydrogen) atoms. The number of carbonyl (C=O) groups is 2. The summed E-state index contributed by atoms with van der Waals surface area (Å²) < 4.78 is 5.38. The molecule has 1 aliphatic heterocycles. The Morgan fingerprint density at radius 2 is 2.04 bits per heavy atom. The number of ether oxygens (including phenoxy) is 1. The third-order valence-electron chi connectivity index (χ3n) is 4.44. The third-order valence-corrected chi connectivity index (χ3v) is 4.67. The zero-order valence-electron chi connectivity index (χ0n) is 15.8. The van der Waals surface area contributed by atoms with E-state index in [0.717, 1.165) is 5.56 Å². The van der Waals surface area contributed by atoms with Crippen molar-refractivity contribution in [1.82, 2.24) is 10.2 Å². The van der Waals surface area contributed by atoms with E-state index in [9.17, 15) is 14.7 Å². The van der Waals surface area contributed by atoms with Crippen molar-refractivity contribution >= 4 is 23.6 Å². The number of carbonyl (C=O) groups excluding carboxylic acids is 2. The molecule has 2 N–H and O–H groups in total. The largest absolute Gasteiger partial charge is 0.444 e. The molecule has 0 aromatic heterocycles. The van der Waals surface area contributed by atoms with E-state index < -0.39 is 17.2 Å². The van der Waals surface area contributed by atoms with Crippen LogP contribution in [-0.4, -0.2) is 47.8 Å². The maximum atomic E-state index is 12.4. The van der Waals surface area contributed by atoms with Gasteiger partial charge in [0.2, 0.25) is 0 Å². The van der Waals surface area contributed by atoms with Crippen LogP contribution in [0.1, 0.15) is 56.0 Å². The van der Waals surface area contributed by atoms with Crippen LogP contribution in [0.3, 0.4) is 0 Å². The van der Waals surface area contributed by atoms with Crippen molar-refractivity contribution in [2.75, 3.05) is 20.2 Å². The number of rotatable bonds is 6. The van der Waals surface area contributed by atoms with Gasteiger partial charge in [0.1, 0.15) is 5.60 Å². The lowest BCUT2D eigenvalue weighted by atomic mass is 9.83. The summed E-state index contributed by atoms with van der Waals surface area (Å²) in [6.07, 6.45) is 1.18. The van der Waals surface area contributed by atoms with E-state index in [2.05, 4.69) is 5.32 Å². The van der Waals surface area contributed by atoms with E-state index in [-0.39, 0.29) is 12.5 Å². The number of halogens is 1. The minimum atomic E-state index is -0.656. The monoisotopic (exact) mass is 382 g/mol. The molecule has 0 aliphatic carbocycles. The number of hydrogen-bond donors (Lipinski definition) is 2. The average Bonchev–Trinajstić information content (AvgIpc) is 2.81. The minimum Gasteiger partial charge on any atom is -0.444 e. The Morgan fingerprint density at radius 3 is 2.65 bits per heavy atom. The van der Waals surface area contributed by atoms with Gasteiger partial charge in [-0.05, 0) is 63.8 Å². The van der Waals surface area contributed by atoms with Crippen LogP contribution in [0.5, 0.6) is 0 Å². The highest BCUT2D eigenvalue weighted by atomic mass is 35.5. The number of fused-ring (bicyclic) bond motifs is 1. The van der Waals surface area contributed by atoms with Crippen LogP contribution < -0.4 is 5.32 Å². The maximum absolute atomic E-state index is 12.4. The highest BCUT2D eigenvalue weighted by molar-refractivity contribution is 6.30. The van der Waals surface area contributed by atoms with Crippen molar-refractivity contribution in [3.05, 3.63) is 34.3 Å². The van der Waals surface area contributed by atoms with Gasteiger partial charge in [-0.25, -0.2) is 4.79 Å². The first-order valence-electron chi connectivity index (χ1n) is 8.75. The number of amides is 2. The van der Waals surface area contributed by atoms with Crippen LogP contribution in [0.15, 0.2) is 18.2 Å². The summed E-state index contributed by atoms with van der Waals surface area (Å²) in [6, 6.07) is 5.19. The highest BCUT2D eigenvalue weighted by Crippen LogP contribution is 2.39. The summed E-state index contributed by atoms with van der Waals surface area (Å²) in [6.45, 7) is 5.87. The summed E-state index contributed by atoms with van der Waals surface area (Å²) in [4.78, 5) is 26.1. The van der Waals surface area contributed by atoms with Crippen LogP contribution in [0.2, 0.25) is 5.02 Å². The standard InChI is InChI=1S/C19H27ClN2O4/c1-18(2,3)26-17(25)22(4)10-9-19(8-5-11-23)15-12-13(20)6-7-14(15)16(24)21-19/h6-7,12,23H,5,8-11H2,1-4H3,(H,21,24). The molecule has 0 spiro atoms. The lowest BCUT2D eigenvalue weighted by molar-refractivity contribution is 0.0282. The summed E-state index contributed by atoms with van der Waals surface area (Å²) >= 11 is 6.15. The van der Waals surface area contributed by atoms with E-state index >= 15 is 0 Å². The second-order valence-electron chi connectivity index (χ2n) is 7.71. The van der Waals surface area contributed by atoms with Gasteiger partial charge in [-0.15, -0.1) is 0 Å². The van der Waals surface area contributed by atoms with E-state index in [1.165, 1.54) is 4.90 Å². The van der Waals surface area contributed by atoms with E-state index in [1.54, 1.807) is 25.2 Å². The smallest absolute Gasteiger partial charge is 0.410 e. The van der Waals surface area contributed by atoms with Gasteiger partial charge in [0.05, 0.1) is 5.54 Å². The lowest BCUT2D eigenvalue weighted by Gasteiger charge is -2.33. The quantitative estimate of drug-likeness (QED) is 0.791. The van der Waals surface area contributed by atoms with Crippen molar-refractivity contribution in [2.45, 2.75) is 51.2 Å². The summed E-state index contributed by atoms with van der Waals surface area (Å²) in [5.74, 6) is -0.158. The predicted molar refractivity (Wildman–Crippen MR) is 100 cm³/mol. The molecule has 0 radical (unpaired) electrons. The van der Waals surface area contributed by atoms with Gasteiger partial charge >= 0.3 is 6.09 Å². The molecule has 2 rings (SSSR count). The first-order chi connectivity index (χ1) is 12.1. The van der Waals surface area contributed by atoms with Crippen LogP contribution in [-0.2, 0) is 10.3 Å². The molecule has 1 aromatic carbocycles. The van der Waals surface area contributed by atoms with Gasteiger partial charge < -0.3 is 20.1 Å². The van der Waals surface area contributed by atoms with Gasteiger partial charge in [0, 0.05) is 30.8 Å². The van der Waals surface area contributed by atoms with Gasteiger partial charge in [-0.3, -0.25) is 4.79 Å². The molecular formula is C19H27ClN2O4. The Hall–Kier alpha value is -1.79. The molecule has 1 heterocycles. The van der Waals surface area contributed by atoms with Crippen molar-refractivity contribution in [3.63, 3.8) is 0 Å². The second kappa shape index (κ2) is 7.84. The summed E-state index contributed by atoms with van der Waals surface area (Å²) in [5, 5.41) is 12.9. The maximum Gasteiger partial charge on any atom is 0.410 e. The fourth-order valence-electron chi connectivity index (χ4n) is 3.15. The number of aliphatic hydroxyl groups is 1. The Bertz CT molecular complexity index is 687. The number of hydrogen-bond acceptors (Lipinski definition) is 4. The Balaban J connectivity index is 2.20. The fourth-order valence-corrected chi connectivity index (χ4v) is 3.32. The van der Waals surface area contributed by atoms with Crippen molar-refractivity contribution in [1.29, 1.82) is 0 Å². The molecular weight excluding hydrogens is 356 g/mol. The molecule has 7 heteroatoms. The molecule has 1 unspecified atom stereocenters. The van der Waals surface area contributed by atoms with Crippen LogP contribution >= 0.6 is 11.6 Å².